The van der Waals surface area contributed by atoms with Crippen molar-refractivity contribution in [2.24, 2.45) is 0 Å². The van der Waals surface area contributed by atoms with Crippen LogP contribution < -0.4 is 4.74 Å². The number of fused-ring (bicyclic) bond motifs is 1. The van der Waals surface area contributed by atoms with Gasteiger partial charge in [0.25, 0.3) is 0 Å². The summed E-state index contributed by atoms with van der Waals surface area (Å²) in [4.78, 5) is 15.8. The predicted molar refractivity (Wildman–Crippen MR) is 163 cm³/mol. The fraction of sp³-hybridized carbons (Fsp3) is 0.114. The van der Waals surface area contributed by atoms with Crippen molar-refractivity contribution >= 4 is 11.6 Å². The fourth-order valence-corrected chi connectivity index (χ4v) is 6.03. The van der Waals surface area contributed by atoms with Crippen LogP contribution in [-0.4, -0.2) is 24.4 Å². The molecule has 6 nitrogen and oxygen atoms in total. The second-order valence-electron chi connectivity index (χ2n) is 10.3. The van der Waals surface area contributed by atoms with Crippen LogP contribution in [0.2, 0.25) is 5.02 Å². The van der Waals surface area contributed by atoms with E-state index in [9.17, 15) is 0 Å². The van der Waals surface area contributed by atoms with Crippen LogP contribution in [0, 0.1) is 0 Å². The van der Waals surface area contributed by atoms with Gasteiger partial charge in [-0.3, -0.25) is 9.88 Å². The predicted octanol–water partition coefficient (Wildman–Crippen LogP) is 7.20. The minimum atomic E-state index is -0.452. The number of aromatic nitrogens is 4. The van der Waals surface area contributed by atoms with Crippen molar-refractivity contribution in [3.8, 4) is 11.8 Å². The third kappa shape index (κ3) is 4.85. The van der Waals surface area contributed by atoms with Crippen LogP contribution in [0.5, 0.6) is 6.01 Å². The lowest BCUT2D eigenvalue weighted by atomic mass is 9.75. The summed E-state index contributed by atoms with van der Waals surface area (Å²) in [6.07, 6.45) is 7.67. The van der Waals surface area contributed by atoms with Crippen molar-refractivity contribution < 1.29 is 4.74 Å². The Bertz CT molecular complexity index is 1670. The highest BCUT2D eigenvalue weighted by molar-refractivity contribution is 6.30. The van der Waals surface area contributed by atoms with Gasteiger partial charge in [-0.2, -0.15) is 4.98 Å². The lowest BCUT2D eigenvalue weighted by Gasteiger charge is -2.44. The molecule has 1 aliphatic heterocycles. The molecule has 42 heavy (non-hydrogen) atoms. The molecule has 206 valence electrons. The van der Waals surface area contributed by atoms with Gasteiger partial charge in [-0.25, -0.2) is 4.98 Å². The summed E-state index contributed by atoms with van der Waals surface area (Å²) >= 11 is 5.94. The summed E-state index contributed by atoms with van der Waals surface area (Å²) in [5, 5.41) is 0.588. The minimum Gasteiger partial charge on any atom is -0.457 e. The third-order valence-electron chi connectivity index (χ3n) is 7.79. The summed E-state index contributed by atoms with van der Waals surface area (Å²) in [6, 6.07) is 38.3. The lowest BCUT2D eigenvalue weighted by Crippen LogP contribution is -2.45. The van der Waals surface area contributed by atoms with E-state index in [0.717, 1.165) is 24.6 Å². The molecule has 7 rings (SSSR count). The fourth-order valence-electron chi connectivity index (χ4n) is 5.92. The van der Waals surface area contributed by atoms with Gasteiger partial charge < -0.3 is 9.30 Å². The van der Waals surface area contributed by atoms with Gasteiger partial charge in [0, 0.05) is 43.9 Å². The normalized spacial score (nSPS) is 13.2. The highest BCUT2D eigenvalue weighted by Gasteiger charge is 2.44. The third-order valence-corrected chi connectivity index (χ3v) is 8.02. The van der Waals surface area contributed by atoms with E-state index in [0.29, 0.717) is 11.0 Å². The van der Waals surface area contributed by atoms with E-state index >= 15 is 0 Å². The molecule has 6 aromatic rings. The zero-order chi connectivity index (χ0) is 28.4. The van der Waals surface area contributed by atoms with Gasteiger partial charge in [0.05, 0.1) is 16.3 Å². The van der Waals surface area contributed by atoms with Gasteiger partial charge in [-0.05, 0) is 39.9 Å². The van der Waals surface area contributed by atoms with Gasteiger partial charge in [-0.15, -0.1) is 0 Å². The van der Waals surface area contributed by atoms with E-state index in [4.69, 9.17) is 16.3 Å². The second-order valence-corrected chi connectivity index (χ2v) is 10.8. The average molecular weight is 570 g/mol. The van der Waals surface area contributed by atoms with Crippen LogP contribution in [0.15, 0.2) is 134 Å². The molecule has 1 aliphatic rings. The molecule has 4 heterocycles. The van der Waals surface area contributed by atoms with Crippen LogP contribution in [0.1, 0.15) is 33.5 Å². The molecule has 0 radical (unpaired) electrons. The molecule has 0 unspecified atom stereocenters. The first kappa shape index (κ1) is 26.1. The Morgan fingerprint density at radius 2 is 1.26 bits per heavy atom. The Labute approximate surface area is 249 Å². The van der Waals surface area contributed by atoms with Gasteiger partial charge in [0.2, 0.25) is 0 Å². The van der Waals surface area contributed by atoms with E-state index in [2.05, 4.69) is 128 Å². The number of halogens is 1. The van der Waals surface area contributed by atoms with Crippen molar-refractivity contribution in [2.45, 2.75) is 25.2 Å². The average Bonchev–Trinajstić information content (AvgIpc) is 3.63. The van der Waals surface area contributed by atoms with Crippen LogP contribution in [0.4, 0.5) is 0 Å². The quantitative estimate of drug-likeness (QED) is 0.181. The summed E-state index contributed by atoms with van der Waals surface area (Å²) in [6.45, 7) is 1.84. The number of hydrogen-bond acceptors (Lipinski definition) is 5. The standard InChI is InChI=1S/C35H28ClN5O/c36-31-16-17-32(38-20-31)25-42-34-37-19-18-33(39-34)40-21-26-23-41(24-27(26)22-40)35(28-10-4-1-5-11-28,29-12-6-2-7-13-29)30-14-8-3-9-15-30/h1-22H,23-25H2. The van der Waals surface area contributed by atoms with Crippen molar-refractivity contribution in [2.75, 3.05) is 0 Å². The summed E-state index contributed by atoms with van der Waals surface area (Å²) in [5.74, 6) is 0.755. The maximum atomic E-state index is 5.94. The molecule has 0 atom stereocenters. The van der Waals surface area contributed by atoms with Gasteiger partial charge in [-0.1, -0.05) is 103 Å². The smallest absolute Gasteiger partial charge is 0.318 e. The first-order chi connectivity index (χ1) is 20.7. The monoisotopic (exact) mass is 569 g/mol. The van der Waals surface area contributed by atoms with E-state index in [-0.39, 0.29) is 6.61 Å². The van der Waals surface area contributed by atoms with E-state index in [1.807, 2.05) is 12.1 Å². The molecular formula is C35H28ClN5O. The Morgan fingerprint density at radius 3 is 1.79 bits per heavy atom. The first-order valence-corrected chi connectivity index (χ1v) is 14.3. The number of pyridine rings is 1. The number of rotatable bonds is 8. The Hall–Kier alpha value is -4.78. The van der Waals surface area contributed by atoms with E-state index in [1.54, 1.807) is 18.5 Å². The molecule has 3 aromatic heterocycles. The largest absolute Gasteiger partial charge is 0.457 e. The van der Waals surface area contributed by atoms with Crippen molar-refractivity contribution in [3.63, 3.8) is 0 Å². The Morgan fingerprint density at radius 1 is 0.690 bits per heavy atom. The van der Waals surface area contributed by atoms with Gasteiger partial charge >= 0.3 is 6.01 Å². The second kappa shape index (κ2) is 11.2. The molecule has 3 aromatic carbocycles. The number of nitrogens with zero attached hydrogens (tertiary/aromatic N) is 5. The molecular weight excluding hydrogens is 542 g/mol. The maximum absolute atomic E-state index is 5.94. The molecule has 0 amide bonds. The minimum absolute atomic E-state index is 0.262. The van der Waals surface area contributed by atoms with Crippen molar-refractivity contribution in [1.29, 1.82) is 0 Å². The first-order valence-electron chi connectivity index (χ1n) is 13.9. The number of hydrogen-bond donors (Lipinski definition) is 0. The zero-order valence-electron chi connectivity index (χ0n) is 22.8. The number of ether oxygens (including phenoxy) is 1. The molecule has 0 N–H and O–H groups in total. The molecule has 0 saturated heterocycles. The Kier molecular flexibility index (Phi) is 7.00. The molecule has 0 spiro atoms. The van der Waals surface area contributed by atoms with Gasteiger partial charge in [0.1, 0.15) is 12.4 Å². The van der Waals surface area contributed by atoms with Crippen LogP contribution in [0.3, 0.4) is 0 Å². The highest BCUT2D eigenvalue weighted by Crippen LogP contribution is 2.46. The van der Waals surface area contributed by atoms with Crippen LogP contribution in [0.25, 0.3) is 5.82 Å². The van der Waals surface area contributed by atoms with Crippen molar-refractivity contribution in [3.05, 3.63) is 173 Å². The highest BCUT2D eigenvalue weighted by atomic mass is 35.5. The lowest BCUT2D eigenvalue weighted by molar-refractivity contribution is 0.156. The maximum Gasteiger partial charge on any atom is 0.318 e. The van der Waals surface area contributed by atoms with E-state index < -0.39 is 5.54 Å². The molecule has 0 saturated carbocycles. The summed E-state index contributed by atoms with van der Waals surface area (Å²) in [7, 11) is 0. The Balaban J connectivity index is 1.20. The van der Waals surface area contributed by atoms with E-state index in [1.165, 1.54) is 27.8 Å². The van der Waals surface area contributed by atoms with Gasteiger partial charge in [0.15, 0.2) is 0 Å². The number of benzene rings is 3. The van der Waals surface area contributed by atoms with Crippen LogP contribution in [-0.2, 0) is 25.2 Å². The topological polar surface area (TPSA) is 56.1 Å². The zero-order valence-corrected chi connectivity index (χ0v) is 23.6. The summed E-state index contributed by atoms with van der Waals surface area (Å²) < 4.78 is 7.89. The molecule has 0 bridgehead atoms. The molecule has 7 heteroatoms. The molecule has 0 aliphatic carbocycles. The summed E-state index contributed by atoms with van der Waals surface area (Å²) in [5.41, 5.74) is 6.58. The van der Waals surface area contributed by atoms with Crippen molar-refractivity contribution in [1.82, 2.24) is 24.4 Å². The van der Waals surface area contributed by atoms with Crippen LogP contribution >= 0.6 is 11.6 Å². The SMILES string of the molecule is Clc1ccc(COc2nccc(-n3cc4c(c3)CN(C(c3ccccc3)(c3ccccc3)c3ccccc3)C4)n2)nc1. The molecule has 0 fully saturated rings.